The van der Waals surface area contributed by atoms with Gasteiger partial charge in [0.1, 0.15) is 5.76 Å². The molecule has 0 aliphatic carbocycles. The summed E-state index contributed by atoms with van der Waals surface area (Å²) in [6.45, 7) is 1.54. The maximum atomic E-state index is 13.5. The van der Waals surface area contributed by atoms with Gasteiger partial charge in [-0.05, 0) is 6.92 Å². The maximum absolute atomic E-state index is 13.5. The van der Waals surface area contributed by atoms with E-state index < -0.39 is 18.1 Å². The number of hydrogen-bond acceptors (Lipinski definition) is 5. The Bertz CT molecular complexity index is 809. The Labute approximate surface area is 147 Å². The number of rotatable bonds is 2. The van der Waals surface area contributed by atoms with E-state index in [4.69, 9.17) is 37.2 Å². The third-order valence-corrected chi connectivity index (χ3v) is 3.74. The molecule has 0 saturated heterocycles. The number of nitrogens with one attached hydrogen (secondary N) is 2. The zero-order valence-electron chi connectivity index (χ0n) is 12.2. The third-order valence-electron chi connectivity index (χ3n) is 3.01. The Hall–Kier alpha value is -2.33. The first-order valence-electron chi connectivity index (χ1n) is 6.56. The molecule has 25 heavy (non-hydrogen) atoms. The fraction of sp³-hybridized carbons (Fsp3) is 0.231. The average molecular weight is 398 g/mol. The van der Waals surface area contributed by atoms with Crippen LogP contribution in [0.25, 0.3) is 0 Å². The van der Waals surface area contributed by atoms with Crippen molar-refractivity contribution in [3.05, 3.63) is 34.0 Å². The molecule has 1 aliphatic heterocycles. The van der Waals surface area contributed by atoms with Gasteiger partial charge in [-0.1, -0.05) is 28.4 Å². The Morgan fingerprint density at radius 1 is 1.16 bits per heavy atom. The summed E-state index contributed by atoms with van der Waals surface area (Å²) in [5, 5.41) is 7.02. The van der Waals surface area contributed by atoms with Gasteiger partial charge in [-0.15, -0.1) is 0 Å². The van der Waals surface area contributed by atoms with Crippen LogP contribution in [0.2, 0.25) is 10.0 Å². The lowest BCUT2D eigenvalue weighted by Crippen LogP contribution is -2.65. The molecule has 2 heterocycles. The molecule has 0 bridgehead atoms. The van der Waals surface area contributed by atoms with Crippen LogP contribution in [-0.4, -0.2) is 23.3 Å². The summed E-state index contributed by atoms with van der Waals surface area (Å²) in [5.74, 6) is -3.85. The number of aryl methyl sites for hydroxylation is 1. The summed E-state index contributed by atoms with van der Waals surface area (Å²) in [4.78, 5) is 11.9. The van der Waals surface area contributed by atoms with Gasteiger partial charge >= 0.3 is 18.1 Å². The highest BCUT2D eigenvalue weighted by Gasteiger charge is 2.66. The number of hydrogen-bond donors (Lipinski definition) is 2. The highest BCUT2D eigenvalue weighted by molar-refractivity contribution is 6.42. The molecule has 0 unspecified atom stereocenters. The summed E-state index contributed by atoms with van der Waals surface area (Å²) in [5.41, 5.74) is 0. The van der Waals surface area contributed by atoms with Crippen LogP contribution < -0.4 is 20.1 Å². The number of ether oxygens (including phenoxy) is 2. The van der Waals surface area contributed by atoms with E-state index in [0.29, 0.717) is 5.76 Å². The van der Waals surface area contributed by atoms with Crippen LogP contribution in [-0.2, 0) is 0 Å². The van der Waals surface area contributed by atoms with Crippen LogP contribution in [0.4, 0.5) is 23.8 Å². The topological polar surface area (TPSA) is 85.6 Å². The molecule has 2 N–H and O–H groups in total. The van der Waals surface area contributed by atoms with Crippen molar-refractivity contribution in [2.45, 2.75) is 19.0 Å². The molecule has 1 aliphatic rings. The lowest BCUT2D eigenvalue weighted by molar-refractivity contribution is -0.317. The van der Waals surface area contributed by atoms with Gasteiger partial charge in [0.2, 0.25) is 0 Å². The van der Waals surface area contributed by atoms with E-state index >= 15 is 0 Å². The van der Waals surface area contributed by atoms with Crippen molar-refractivity contribution in [2.24, 2.45) is 0 Å². The third kappa shape index (κ3) is 3.27. The summed E-state index contributed by atoms with van der Waals surface area (Å²) in [6.07, 6.45) is -5.12. The molecule has 2 amide bonds. The zero-order valence-corrected chi connectivity index (χ0v) is 13.7. The van der Waals surface area contributed by atoms with Crippen LogP contribution in [0.15, 0.2) is 22.7 Å². The second-order valence-corrected chi connectivity index (χ2v) is 5.75. The van der Waals surface area contributed by atoms with Crippen LogP contribution in [0.3, 0.4) is 0 Å². The molecular weight excluding hydrogens is 390 g/mol. The molecule has 2 aromatic rings. The van der Waals surface area contributed by atoms with Crippen molar-refractivity contribution in [1.82, 2.24) is 10.5 Å². The first-order chi connectivity index (χ1) is 11.6. The molecule has 1 aromatic carbocycles. The largest absolute Gasteiger partial charge is 0.492 e. The molecule has 0 radical (unpaired) electrons. The number of nitrogens with zero attached hydrogens (tertiary/aromatic N) is 1. The van der Waals surface area contributed by atoms with Crippen molar-refractivity contribution in [2.75, 3.05) is 5.32 Å². The van der Waals surface area contributed by atoms with Crippen molar-refractivity contribution in [3.8, 4) is 11.5 Å². The number of carbonyl (C=O) groups is 1. The van der Waals surface area contributed by atoms with Crippen molar-refractivity contribution in [1.29, 1.82) is 0 Å². The number of carbonyl (C=O) groups excluding carboxylic acids is 1. The molecule has 0 spiro atoms. The maximum Gasteiger partial charge on any atom is 0.492 e. The summed E-state index contributed by atoms with van der Waals surface area (Å²) in [7, 11) is 0. The van der Waals surface area contributed by atoms with Gasteiger partial charge in [0.15, 0.2) is 17.3 Å². The molecule has 0 atom stereocenters. The highest BCUT2D eigenvalue weighted by Crippen LogP contribution is 2.47. The monoisotopic (exact) mass is 397 g/mol. The standard InChI is InChI=1S/C13H8Cl2F3N3O4/c1-5-2-10(21-25-5)19-11(22)20-13(12(16,17)18)23-8-3-6(14)7(15)4-9(8)24-13/h2-4H,1H3,(H2,19,20,21,22). The number of anilines is 1. The zero-order chi connectivity index (χ0) is 18.4. The fourth-order valence-electron chi connectivity index (χ4n) is 1.96. The minimum absolute atomic E-state index is 0.0375. The molecule has 3 rings (SSSR count). The number of benzene rings is 1. The van der Waals surface area contributed by atoms with E-state index in [2.05, 4.69) is 10.5 Å². The quantitative estimate of drug-likeness (QED) is 0.796. The van der Waals surface area contributed by atoms with Crippen LogP contribution in [0.5, 0.6) is 11.5 Å². The number of halogens is 5. The Balaban J connectivity index is 1.85. The lowest BCUT2D eigenvalue weighted by Gasteiger charge is -2.29. The SMILES string of the molecule is Cc1cc(NC(=O)NC2(C(F)(F)F)Oc3cc(Cl)c(Cl)cc3O2)no1. The molecule has 0 fully saturated rings. The van der Waals surface area contributed by atoms with Crippen molar-refractivity contribution in [3.63, 3.8) is 0 Å². The first kappa shape index (κ1) is 17.5. The van der Waals surface area contributed by atoms with Crippen molar-refractivity contribution >= 4 is 35.1 Å². The number of alkyl halides is 3. The van der Waals surface area contributed by atoms with Gasteiger partial charge in [-0.3, -0.25) is 10.6 Å². The van der Waals surface area contributed by atoms with Gasteiger partial charge < -0.3 is 14.0 Å². The predicted octanol–water partition coefficient (Wildman–Crippen LogP) is 4.10. The molecule has 12 heteroatoms. The van der Waals surface area contributed by atoms with E-state index in [-0.39, 0.29) is 27.4 Å². The normalized spacial score (nSPS) is 15.1. The smallest absolute Gasteiger partial charge is 0.424 e. The summed E-state index contributed by atoms with van der Waals surface area (Å²) < 4.78 is 54.8. The van der Waals surface area contributed by atoms with Crippen LogP contribution in [0.1, 0.15) is 5.76 Å². The van der Waals surface area contributed by atoms with Gasteiger partial charge in [0.25, 0.3) is 0 Å². The Morgan fingerprint density at radius 3 is 2.16 bits per heavy atom. The Kier molecular flexibility index (Phi) is 4.12. The molecule has 7 nitrogen and oxygen atoms in total. The van der Waals surface area contributed by atoms with Gasteiger partial charge in [-0.2, -0.15) is 13.2 Å². The predicted molar refractivity (Wildman–Crippen MR) is 79.9 cm³/mol. The fourth-order valence-corrected chi connectivity index (χ4v) is 2.27. The second-order valence-electron chi connectivity index (χ2n) is 4.93. The van der Waals surface area contributed by atoms with E-state index in [1.165, 1.54) is 6.07 Å². The van der Waals surface area contributed by atoms with Gasteiger partial charge in [-0.25, -0.2) is 4.79 Å². The first-order valence-corrected chi connectivity index (χ1v) is 7.31. The number of urea groups is 1. The van der Waals surface area contributed by atoms with Crippen LogP contribution >= 0.6 is 23.2 Å². The average Bonchev–Trinajstić information content (AvgIpc) is 3.03. The minimum atomic E-state index is -5.12. The Morgan fingerprint density at radius 2 is 1.72 bits per heavy atom. The number of amides is 2. The summed E-state index contributed by atoms with van der Waals surface area (Å²) in [6, 6.07) is 2.13. The van der Waals surface area contributed by atoms with Gasteiger partial charge in [0, 0.05) is 18.2 Å². The van der Waals surface area contributed by atoms with E-state index in [1.807, 2.05) is 0 Å². The molecule has 134 valence electrons. The van der Waals surface area contributed by atoms with E-state index in [1.54, 1.807) is 12.2 Å². The minimum Gasteiger partial charge on any atom is -0.424 e. The van der Waals surface area contributed by atoms with Crippen LogP contribution in [0, 0.1) is 6.92 Å². The van der Waals surface area contributed by atoms with E-state index in [0.717, 1.165) is 12.1 Å². The highest BCUT2D eigenvalue weighted by atomic mass is 35.5. The van der Waals surface area contributed by atoms with Crippen molar-refractivity contribution < 1.29 is 32.0 Å². The number of fused-ring (bicyclic) bond motifs is 1. The lowest BCUT2D eigenvalue weighted by atomic mass is 10.3. The van der Waals surface area contributed by atoms with E-state index in [9.17, 15) is 18.0 Å². The number of aromatic nitrogens is 1. The molecule has 0 saturated carbocycles. The molecular formula is C13H8Cl2F3N3O4. The van der Waals surface area contributed by atoms with Gasteiger partial charge in [0.05, 0.1) is 10.0 Å². The second kappa shape index (κ2) is 5.88. The summed E-state index contributed by atoms with van der Waals surface area (Å²) >= 11 is 11.5. The molecule has 1 aromatic heterocycles.